The Morgan fingerprint density at radius 1 is 1.39 bits per heavy atom. The van der Waals surface area contributed by atoms with Gasteiger partial charge in [0.25, 0.3) is 0 Å². The van der Waals surface area contributed by atoms with Crippen LogP contribution in [-0.4, -0.2) is 29.5 Å². The zero-order chi connectivity index (χ0) is 13.2. The van der Waals surface area contributed by atoms with E-state index in [1.54, 1.807) is 0 Å². The smallest absolute Gasteiger partial charge is 0.0762 e. The Hall–Kier alpha value is -0.870. The van der Waals surface area contributed by atoms with Crippen molar-refractivity contribution in [1.82, 2.24) is 15.1 Å². The first-order chi connectivity index (χ1) is 8.72. The van der Waals surface area contributed by atoms with Crippen molar-refractivity contribution in [2.45, 2.75) is 46.7 Å². The van der Waals surface area contributed by atoms with Crippen molar-refractivity contribution in [2.75, 3.05) is 19.8 Å². The van der Waals surface area contributed by atoms with Crippen molar-refractivity contribution in [3.05, 3.63) is 18.0 Å². The predicted octanol–water partition coefficient (Wildman–Crippen LogP) is 2.45. The molecule has 0 radical (unpaired) electrons. The third kappa shape index (κ3) is 6.77. The minimum absolute atomic E-state index is 0.680. The standard InChI is InChI=1S/C14H27N3O/c1-4-5-9-18-10-8-17-7-6-14(16-17)12-15-11-13(2)3/h6-7,13,15H,4-5,8-12H2,1-3H3. The Morgan fingerprint density at radius 2 is 2.22 bits per heavy atom. The number of unbranched alkanes of at least 4 members (excludes halogenated alkanes) is 1. The van der Waals surface area contributed by atoms with Gasteiger partial charge in [0.05, 0.1) is 18.8 Å². The molecule has 0 atom stereocenters. The minimum Gasteiger partial charge on any atom is -0.380 e. The fraction of sp³-hybridized carbons (Fsp3) is 0.786. The van der Waals surface area contributed by atoms with E-state index in [2.05, 4.69) is 37.3 Å². The van der Waals surface area contributed by atoms with Crippen LogP contribution in [0.5, 0.6) is 0 Å². The zero-order valence-corrected chi connectivity index (χ0v) is 12.0. The summed E-state index contributed by atoms with van der Waals surface area (Å²) in [5, 5.41) is 7.89. The number of hydrogen-bond donors (Lipinski definition) is 1. The van der Waals surface area contributed by atoms with Gasteiger partial charge in [-0.15, -0.1) is 0 Å². The van der Waals surface area contributed by atoms with Crippen LogP contribution in [0.2, 0.25) is 0 Å². The van der Waals surface area contributed by atoms with Crippen LogP contribution in [0.3, 0.4) is 0 Å². The van der Waals surface area contributed by atoms with Crippen LogP contribution in [0.4, 0.5) is 0 Å². The van der Waals surface area contributed by atoms with Gasteiger partial charge < -0.3 is 10.1 Å². The fourth-order valence-electron chi connectivity index (χ4n) is 1.62. The highest BCUT2D eigenvalue weighted by molar-refractivity contribution is 4.98. The fourth-order valence-corrected chi connectivity index (χ4v) is 1.62. The van der Waals surface area contributed by atoms with E-state index in [1.165, 1.54) is 6.42 Å². The van der Waals surface area contributed by atoms with Gasteiger partial charge in [0.2, 0.25) is 0 Å². The number of nitrogens with zero attached hydrogens (tertiary/aromatic N) is 2. The number of hydrogen-bond acceptors (Lipinski definition) is 3. The van der Waals surface area contributed by atoms with Crippen LogP contribution < -0.4 is 5.32 Å². The molecule has 0 saturated carbocycles. The molecule has 1 aromatic heterocycles. The summed E-state index contributed by atoms with van der Waals surface area (Å²) in [6, 6.07) is 2.07. The molecule has 0 aromatic carbocycles. The normalized spacial score (nSPS) is 11.3. The van der Waals surface area contributed by atoms with E-state index in [0.717, 1.165) is 45.0 Å². The molecule has 18 heavy (non-hydrogen) atoms. The van der Waals surface area contributed by atoms with Gasteiger partial charge in [0, 0.05) is 19.3 Å². The average molecular weight is 253 g/mol. The quantitative estimate of drug-likeness (QED) is 0.651. The molecule has 0 aliphatic carbocycles. The second kappa shape index (κ2) is 9.11. The summed E-state index contributed by atoms with van der Waals surface area (Å²) in [6.45, 7) is 10.9. The average Bonchev–Trinajstić information content (AvgIpc) is 2.76. The second-order valence-corrected chi connectivity index (χ2v) is 5.06. The second-order valence-electron chi connectivity index (χ2n) is 5.06. The lowest BCUT2D eigenvalue weighted by atomic mass is 10.2. The van der Waals surface area contributed by atoms with Crippen LogP contribution in [0.25, 0.3) is 0 Å². The SMILES string of the molecule is CCCCOCCn1ccc(CNCC(C)C)n1. The van der Waals surface area contributed by atoms with E-state index in [9.17, 15) is 0 Å². The lowest BCUT2D eigenvalue weighted by molar-refractivity contribution is 0.121. The maximum atomic E-state index is 5.52. The predicted molar refractivity (Wildman–Crippen MR) is 74.5 cm³/mol. The van der Waals surface area contributed by atoms with Crippen LogP contribution >= 0.6 is 0 Å². The Bertz CT molecular complexity index is 310. The molecule has 0 spiro atoms. The molecule has 4 heteroatoms. The molecule has 0 aliphatic rings. The maximum absolute atomic E-state index is 5.52. The number of nitrogens with one attached hydrogen (secondary N) is 1. The molecular formula is C14H27N3O. The Balaban J connectivity index is 2.13. The molecule has 1 N–H and O–H groups in total. The number of ether oxygens (including phenoxy) is 1. The number of aromatic nitrogens is 2. The first-order valence-corrected chi connectivity index (χ1v) is 7.03. The molecule has 1 rings (SSSR count). The highest BCUT2D eigenvalue weighted by Gasteiger charge is 1.99. The van der Waals surface area contributed by atoms with Gasteiger partial charge in [-0.2, -0.15) is 5.10 Å². The summed E-state index contributed by atoms with van der Waals surface area (Å²) in [5.74, 6) is 0.680. The molecule has 0 aliphatic heterocycles. The van der Waals surface area contributed by atoms with Crippen molar-refractivity contribution in [1.29, 1.82) is 0 Å². The van der Waals surface area contributed by atoms with Crippen molar-refractivity contribution in [2.24, 2.45) is 5.92 Å². The molecular weight excluding hydrogens is 226 g/mol. The Morgan fingerprint density at radius 3 is 2.94 bits per heavy atom. The first-order valence-electron chi connectivity index (χ1n) is 7.03. The zero-order valence-electron chi connectivity index (χ0n) is 12.0. The third-order valence-corrected chi connectivity index (χ3v) is 2.66. The highest BCUT2D eigenvalue weighted by atomic mass is 16.5. The van der Waals surface area contributed by atoms with Gasteiger partial charge in [-0.25, -0.2) is 0 Å². The molecule has 0 fully saturated rings. The Kier molecular flexibility index (Phi) is 7.69. The van der Waals surface area contributed by atoms with E-state index in [4.69, 9.17) is 4.74 Å². The van der Waals surface area contributed by atoms with E-state index in [0.29, 0.717) is 5.92 Å². The maximum Gasteiger partial charge on any atom is 0.0762 e. The van der Waals surface area contributed by atoms with Gasteiger partial charge in [-0.1, -0.05) is 27.2 Å². The first kappa shape index (κ1) is 15.2. The summed E-state index contributed by atoms with van der Waals surface area (Å²) < 4.78 is 7.48. The van der Waals surface area contributed by atoms with Crippen molar-refractivity contribution in [3.63, 3.8) is 0 Å². The summed E-state index contributed by atoms with van der Waals surface area (Å²) >= 11 is 0. The van der Waals surface area contributed by atoms with Gasteiger partial charge >= 0.3 is 0 Å². The number of rotatable bonds is 10. The molecule has 104 valence electrons. The summed E-state index contributed by atoms with van der Waals surface area (Å²) in [4.78, 5) is 0. The molecule has 0 unspecified atom stereocenters. The van der Waals surface area contributed by atoms with Crippen LogP contribution in [0.1, 0.15) is 39.3 Å². The summed E-state index contributed by atoms with van der Waals surface area (Å²) in [6.07, 6.45) is 4.35. The molecule has 0 saturated heterocycles. The van der Waals surface area contributed by atoms with Crippen molar-refractivity contribution >= 4 is 0 Å². The van der Waals surface area contributed by atoms with Gasteiger partial charge in [0.15, 0.2) is 0 Å². The van der Waals surface area contributed by atoms with Crippen LogP contribution in [-0.2, 0) is 17.8 Å². The van der Waals surface area contributed by atoms with Gasteiger partial charge in [-0.05, 0) is 24.9 Å². The minimum atomic E-state index is 0.680. The summed E-state index contributed by atoms with van der Waals surface area (Å²) in [7, 11) is 0. The largest absolute Gasteiger partial charge is 0.380 e. The lowest BCUT2D eigenvalue weighted by Gasteiger charge is -2.05. The van der Waals surface area contributed by atoms with Gasteiger partial charge in [-0.3, -0.25) is 4.68 Å². The van der Waals surface area contributed by atoms with Crippen molar-refractivity contribution in [3.8, 4) is 0 Å². The van der Waals surface area contributed by atoms with Crippen LogP contribution in [0.15, 0.2) is 12.3 Å². The molecule has 0 bridgehead atoms. The Labute approximate surface area is 111 Å². The molecule has 1 heterocycles. The monoisotopic (exact) mass is 253 g/mol. The van der Waals surface area contributed by atoms with Gasteiger partial charge in [0.1, 0.15) is 0 Å². The van der Waals surface area contributed by atoms with E-state index >= 15 is 0 Å². The molecule has 1 aromatic rings. The third-order valence-electron chi connectivity index (χ3n) is 2.66. The highest BCUT2D eigenvalue weighted by Crippen LogP contribution is 1.97. The topological polar surface area (TPSA) is 39.1 Å². The summed E-state index contributed by atoms with van der Waals surface area (Å²) in [5.41, 5.74) is 1.10. The van der Waals surface area contributed by atoms with E-state index in [1.807, 2.05) is 10.9 Å². The van der Waals surface area contributed by atoms with E-state index in [-0.39, 0.29) is 0 Å². The molecule has 4 nitrogen and oxygen atoms in total. The van der Waals surface area contributed by atoms with E-state index < -0.39 is 0 Å². The molecule has 0 amide bonds. The lowest BCUT2D eigenvalue weighted by Crippen LogP contribution is -2.19. The van der Waals surface area contributed by atoms with Crippen molar-refractivity contribution < 1.29 is 4.74 Å². The van der Waals surface area contributed by atoms with Crippen LogP contribution in [0, 0.1) is 5.92 Å².